The minimum atomic E-state index is -0.346. The molecule has 1 unspecified atom stereocenters. The minimum absolute atomic E-state index is 0.0546. The molecule has 2 aromatic rings. The summed E-state index contributed by atoms with van der Waals surface area (Å²) < 4.78 is 27.5. The van der Waals surface area contributed by atoms with Crippen molar-refractivity contribution in [2.45, 2.75) is 39.3 Å². The van der Waals surface area contributed by atoms with Crippen molar-refractivity contribution in [1.82, 2.24) is 4.90 Å². The molecule has 0 radical (unpaired) electrons. The Kier molecular flexibility index (Phi) is 6.39. The summed E-state index contributed by atoms with van der Waals surface area (Å²) in [5, 5.41) is 4.06. The zero-order valence-electron chi connectivity index (χ0n) is 16.1. The predicted octanol–water partition coefficient (Wildman–Crippen LogP) is 4.53. The van der Waals surface area contributed by atoms with Crippen molar-refractivity contribution >= 4 is 11.6 Å². The molecule has 0 spiro atoms. The van der Waals surface area contributed by atoms with Gasteiger partial charge in [0.15, 0.2) is 6.10 Å². The van der Waals surface area contributed by atoms with Crippen LogP contribution in [-0.4, -0.2) is 29.2 Å². The third-order valence-corrected chi connectivity index (χ3v) is 4.57. The van der Waals surface area contributed by atoms with E-state index in [-0.39, 0.29) is 36.1 Å². The predicted molar refractivity (Wildman–Crippen MR) is 104 cm³/mol. The molecule has 1 atom stereocenters. The highest BCUT2D eigenvalue weighted by Gasteiger charge is 2.27. The average Bonchev–Trinajstić information content (AvgIpc) is 3.11. The van der Waals surface area contributed by atoms with E-state index in [9.17, 15) is 13.6 Å². The summed E-state index contributed by atoms with van der Waals surface area (Å²) in [7, 11) is 0. The second-order valence-electron chi connectivity index (χ2n) is 7.44. The molecule has 0 saturated heterocycles. The summed E-state index contributed by atoms with van der Waals surface area (Å²) in [6.45, 7) is 4.41. The first-order valence-corrected chi connectivity index (χ1v) is 9.42. The summed E-state index contributed by atoms with van der Waals surface area (Å²) in [5.41, 5.74) is 1.77. The fourth-order valence-corrected chi connectivity index (χ4v) is 3.18. The molecule has 148 valence electrons. The molecule has 28 heavy (non-hydrogen) atoms. The van der Waals surface area contributed by atoms with Crippen LogP contribution in [0, 0.1) is 17.6 Å². The molecule has 4 nitrogen and oxygen atoms in total. The van der Waals surface area contributed by atoms with Gasteiger partial charge in [0.05, 0.1) is 12.3 Å². The smallest absolute Gasteiger partial charge is 0.223 e. The number of benzene rings is 2. The normalized spacial score (nSPS) is 16.0. The number of rotatable bonds is 7. The topological polar surface area (TPSA) is 41.9 Å². The van der Waals surface area contributed by atoms with Gasteiger partial charge in [-0.1, -0.05) is 49.3 Å². The molecule has 6 heteroatoms. The largest absolute Gasteiger partial charge is 0.390 e. The van der Waals surface area contributed by atoms with Crippen LogP contribution in [0.4, 0.5) is 8.78 Å². The molecule has 0 fully saturated rings. The van der Waals surface area contributed by atoms with Crippen LogP contribution in [-0.2, 0) is 16.2 Å². The van der Waals surface area contributed by atoms with E-state index in [0.29, 0.717) is 36.2 Å². The molecular weight excluding hydrogens is 362 g/mol. The van der Waals surface area contributed by atoms with Crippen LogP contribution in [0.2, 0.25) is 0 Å². The van der Waals surface area contributed by atoms with Crippen LogP contribution in [0.5, 0.6) is 0 Å². The zero-order chi connectivity index (χ0) is 20.1. The molecule has 0 aliphatic carbocycles. The third kappa shape index (κ3) is 5.15. The van der Waals surface area contributed by atoms with E-state index in [1.54, 1.807) is 35.2 Å². The van der Waals surface area contributed by atoms with Crippen molar-refractivity contribution in [2.24, 2.45) is 11.1 Å². The van der Waals surface area contributed by atoms with Gasteiger partial charge < -0.3 is 9.74 Å². The van der Waals surface area contributed by atoms with Crippen LogP contribution in [0.15, 0.2) is 53.7 Å². The van der Waals surface area contributed by atoms with Gasteiger partial charge in [0, 0.05) is 30.5 Å². The zero-order valence-corrected chi connectivity index (χ0v) is 16.1. The van der Waals surface area contributed by atoms with E-state index in [2.05, 4.69) is 5.16 Å². The summed E-state index contributed by atoms with van der Waals surface area (Å²) in [4.78, 5) is 19.8. The number of oxime groups is 1. The van der Waals surface area contributed by atoms with Gasteiger partial charge in [0.25, 0.3) is 0 Å². The first-order valence-electron chi connectivity index (χ1n) is 9.42. The molecule has 1 amide bonds. The Morgan fingerprint density at radius 1 is 1.21 bits per heavy atom. The Balaban J connectivity index is 1.69. The van der Waals surface area contributed by atoms with E-state index in [4.69, 9.17) is 4.84 Å². The summed E-state index contributed by atoms with van der Waals surface area (Å²) in [6, 6.07) is 12.6. The van der Waals surface area contributed by atoms with Crippen molar-refractivity contribution in [3.05, 3.63) is 71.3 Å². The van der Waals surface area contributed by atoms with Gasteiger partial charge in [-0.25, -0.2) is 8.78 Å². The molecular formula is C22H24F2N2O2. The van der Waals surface area contributed by atoms with Gasteiger partial charge in [-0.15, -0.1) is 0 Å². The van der Waals surface area contributed by atoms with E-state index < -0.39 is 0 Å². The molecule has 1 aliphatic rings. The Labute approximate surface area is 163 Å². The molecule has 0 saturated carbocycles. The lowest BCUT2D eigenvalue weighted by Crippen LogP contribution is -2.38. The van der Waals surface area contributed by atoms with Crippen LogP contribution in [0.1, 0.15) is 37.8 Å². The fourth-order valence-electron chi connectivity index (χ4n) is 3.18. The summed E-state index contributed by atoms with van der Waals surface area (Å²) in [6.07, 6.45) is 0.492. The summed E-state index contributed by atoms with van der Waals surface area (Å²) >= 11 is 0. The monoisotopic (exact) mass is 386 g/mol. The van der Waals surface area contributed by atoms with Crippen LogP contribution < -0.4 is 0 Å². The van der Waals surface area contributed by atoms with E-state index >= 15 is 0 Å². The Morgan fingerprint density at radius 2 is 2.00 bits per heavy atom. The standard InChI is InChI=1S/C22H24F2N2O2/c1-15(2)10-22(27)26(13-17-6-3-4-9-20(17)24)14-19-12-21(25-28-19)16-7-5-8-18(23)11-16/h3-9,11,15,19H,10,12-14H2,1-2H3. The lowest BCUT2D eigenvalue weighted by Gasteiger charge is -2.26. The number of carbonyl (C=O) groups excluding carboxylic acids is 1. The number of carbonyl (C=O) groups is 1. The van der Waals surface area contributed by atoms with E-state index in [1.165, 1.54) is 18.2 Å². The van der Waals surface area contributed by atoms with E-state index in [0.717, 1.165) is 0 Å². The van der Waals surface area contributed by atoms with Crippen molar-refractivity contribution < 1.29 is 18.4 Å². The Morgan fingerprint density at radius 3 is 2.71 bits per heavy atom. The van der Waals surface area contributed by atoms with Crippen LogP contribution >= 0.6 is 0 Å². The number of amides is 1. The highest BCUT2D eigenvalue weighted by molar-refractivity contribution is 6.01. The number of halogens is 2. The van der Waals surface area contributed by atoms with Crippen LogP contribution in [0.3, 0.4) is 0 Å². The van der Waals surface area contributed by atoms with Crippen molar-refractivity contribution in [3.63, 3.8) is 0 Å². The first-order chi connectivity index (χ1) is 13.4. The first kappa shape index (κ1) is 20.0. The maximum absolute atomic E-state index is 14.1. The number of hydrogen-bond donors (Lipinski definition) is 0. The second kappa shape index (κ2) is 8.95. The maximum Gasteiger partial charge on any atom is 0.223 e. The number of nitrogens with zero attached hydrogens (tertiary/aromatic N) is 2. The third-order valence-electron chi connectivity index (χ3n) is 4.57. The lowest BCUT2D eigenvalue weighted by molar-refractivity contribution is -0.134. The van der Waals surface area contributed by atoms with Gasteiger partial charge >= 0.3 is 0 Å². The quantitative estimate of drug-likeness (QED) is 0.701. The Bertz CT molecular complexity index is 867. The molecule has 3 rings (SSSR count). The van der Waals surface area contributed by atoms with Crippen LogP contribution in [0.25, 0.3) is 0 Å². The molecule has 1 aliphatic heterocycles. The van der Waals surface area contributed by atoms with Gasteiger partial charge in [-0.3, -0.25) is 4.79 Å². The van der Waals surface area contributed by atoms with Gasteiger partial charge in [0.2, 0.25) is 5.91 Å². The minimum Gasteiger partial charge on any atom is -0.390 e. The highest BCUT2D eigenvalue weighted by Crippen LogP contribution is 2.20. The SMILES string of the molecule is CC(C)CC(=O)N(Cc1ccccc1F)CC1CC(c2cccc(F)c2)=NO1. The molecule has 1 heterocycles. The van der Waals surface area contributed by atoms with Gasteiger partial charge in [0.1, 0.15) is 11.6 Å². The molecule has 0 aromatic heterocycles. The average molecular weight is 386 g/mol. The number of hydrogen-bond acceptors (Lipinski definition) is 3. The summed E-state index contributed by atoms with van der Waals surface area (Å²) in [5.74, 6) is -0.536. The Hall–Kier alpha value is -2.76. The molecule has 0 N–H and O–H groups in total. The fraction of sp³-hybridized carbons (Fsp3) is 0.364. The highest BCUT2D eigenvalue weighted by atomic mass is 19.1. The van der Waals surface area contributed by atoms with E-state index in [1.807, 2.05) is 13.8 Å². The molecule has 0 bridgehead atoms. The molecule has 2 aromatic carbocycles. The maximum atomic E-state index is 14.1. The van der Waals surface area contributed by atoms with Crippen molar-refractivity contribution in [2.75, 3.05) is 6.54 Å². The second-order valence-corrected chi connectivity index (χ2v) is 7.44. The van der Waals surface area contributed by atoms with Gasteiger partial charge in [-0.2, -0.15) is 0 Å². The van der Waals surface area contributed by atoms with Crippen molar-refractivity contribution in [3.8, 4) is 0 Å². The van der Waals surface area contributed by atoms with Crippen molar-refractivity contribution in [1.29, 1.82) is 0 Å². The van der Waals surface area contributed by atoms with Gasteiger partial charge in [-0.05, 0) is 24.1 Å². The lowest BCUT2D eigenvalue weighted by atomic mass is 10.0.